The number of hydrogen-bond acceptors (Lipinski definition) is 5. The number of nitrogens with one attached hydrogen (secondary N) is 1. The minimum absolute atomic E-state index is 0.00759. The van der Waals surface area contributed by atoms with Gasteiger partial charge in [-0.15, -0.1) is 0 Å². The second kappa shape index (κ2) is 7.13. The van der Waals surface area contributed by atoms with Gasteiger partial charge in [0.05, 0.1) is 38.3 Å². The van der Waals surface area contributed by atoms with Crippen molar-refractivity contribution in [3.63, 3.8) is 0 Å². The van der Waals surface area contributed by atoms with Gasteiger partial charge >= 0.3 is 0 Å². The number of piperazine rings is 1. The van der Waals surface area contributed by atoms with Gasteiger partial charge in [-0.2, -0.15) is 5.26 Å². The van der Waals surface area contributed by atoms with Crippen molar-refractivity contribution in [1.82, 2.24) is 10.2 Å². The quantitative estimate of drug-likeness (QED) is 0.884. The van der Waals surface area contributed by atoms with Crippen LogP contribution in [0, 0.1) is 11.3 Å². The SMILES string of the molecule is COc1cccc(OC)c1[C@H](CC#N)N1CCNCC1. The molecule has 1 aromatic carbocycles. The Labute approximate surface area is 120 Å². The molecule has 0 radical (unpaired) electrons. The van der Waals surface area contributed by atoms with Gasteiger partial charge in [-0.25, -0.2) is 0 Å². The Morgan fingerprint density at radius 2 is 1.85 bits per heavy atom. The topological polar surface area (TPSA) is 57.5 Å². The van der Waals surface area contributed by atoms with E-state index in [0.717, 1.165) is 43.2 Å². The molecule has 108 valence electrons. The molecule has 2 rings (SSSR count). The fourth-order valence-electron chi connectivity index (χ4n) is 2.70. The Morgan fingerprint density at radius 3 is 2.35 bits per heavy atom. The van der Waals surface area contributed by atoms with Crippen molar-refractivity contribution in [3.8, 4) is 17.6 Å². The first-order valence-corrected chi connectivity index (χ1v) is 6.84. The Balaban J connectivity index is 2.39. The van der Waals surface area contributed by atoms with Crippen LogP contribution in [0.25, 0.3) is 0 Å². The molecule has 0 unspecified atom stereocenters. The van der Waals surface area contributed by atoms with E-state index in [1.54, 1.807) is 14.2 Å². The van der Waals surface area contributed by atoms with E-state index >= 15 is 0 Å². The Bertz CT molecular complexity index is 456. The van der Waals surface area contributed by atoms with Crippen LogP contribution in [0.5, 0.6) is 11.5 Å². The highest BCUT2D eigenvalue weighted by molar-refractivity contribution is 5.47. The molecule has 1 aliphatic rings. The van der Waals surface area contributed by atoms with Gasteiger partial charge in [-0.1, -0.05) is 6.07 Å². The van der Waals surface area contributed by atoms with E-state index < -0.39 is 0 Å². The molecule has 5 nitrogen and oxygen atoms in total. The maximum Gasteiger partial charge on any atom is 0.127 e. The summed E-state index contributed by atoms with van der Waals surface area (Å²) < 4.78 is 10.9. The lowest BCUT2D eigenvalue weighted by Crippen LogP contribution is -2.45. The van der Waals surface area contributed by atoms with Gasteiger partial charge in [0, 0.05) is 26.2 Å². The number of nitriles is 1. The summed E-state index contributed by atoms with van der Waals surface area (Å²) in [4.78, 5) is 2.32. The first-order valence-electron chi connectivity index (χ1n) is 6.84. The standard InChI is InChI=1S/C15H21N3O2/c1-19-13-4-3-5-14(20-2)15(13)12(6-7-16)18-10-8-17-9-11-18/h3-5,12,17H,6,8-11H2,1-2H3/t12-/m0/s1. The normalized spacial score (nSPS) is 17.2. The average molecular weight is 275 g/mol. The van der Waals surface area contributed by atoms with Gasteiger partial charge in [-0.3, -0.25) is 4.90 Å². The molecule has 1 fully saturated rings. The number of ether oxygens (including phenoxy) is 2. The fourth-order valence-corrected chi connectivity index (χ4v) is 2.70. The fraction of sp³-hybridized carbons (Fsp3) is 0.533. The first-order chi connectivity index (χ1) is 9.81. The van der Waals surface area contributed by atoms with E-state index in [4.69, 9.17) is 9.47 Å². The van der Waals surface area contributed by atoms with E-state index in [0.29, 0.717) is 6.42 Å². The monoisotopic (exact) mass is 275 g/mol. The number of rotatable bonds is 5. The van der Waals surface area contributed by atoms with E-state index in [1.807, 2.05) is 18.2 Å². The smallest absolute Gasteiger partial charge is 0.127 e. The lowest BCUT2D eigenvalue weighted by Gasteiger charge is -2.35. The zero-order valence-corrected chi connectivity index (χ0v) is 12.1. The van der Waals surface area contributed by atoms with Crippen molar-refractivity contribution >= 4 is 0 Å². The van der Waals surface area contributed by atoms with Crippen LogP contribution >= 0.6 is 0 Å². The first kappa shape index (κ1) is 14.6. The molecule has 0 amide bonds. The molecule has 1 atom stereocenters. The summed E-state index contributed by atoms with van der Waals surface area (Å²) in [6.07, 6.45) is 0.427. The van der Waals surface area contributed by atoms with Crippen molar-refractivity contribution in [2.24, 2.45) is 0 Å². The molecule has 20 heavy (non-hydrogen) atoms. The molecule has 0 aromatic heterocycles. The van der Waals surface area contributed by atoms with Crippen LogP contribution in [-0.2, 0) is 0 Å². The largest absolute Gasteiger partial charge is 0.496 e. The molecule has 0 bridgehead atoms. The summed E-state index contributed by atoms with van der Waals surface area (Å²) in [5, 5.41) is 12.5. The van der Waals surface area contributed by atoms with Crippen LogP contribution in [0.2, 0.25) is 0 Å². The predicted molar refractivity (Wildman–Crippen MR) is 77.0 cm³/mol. The minimum atomic E-state index is 0.00759. The molecule has 1 aliphatic heterocycles. The predicted octanol–water partition coefficient (Wildman–Crippen LogP) is 1.56. The molecule has 1 aromatic rings. The van der Waals surface area contributed by atoms with Gasteiger partial charge in [0.1, 0.15) is 11.5 Å². The molecule has 0 aliphatic carbocycles. The second-order valence-electron chi connectivity index (χ2n) is 4.74. The molecule has 1 N–H and O–H groups in total. The van der Waals surface area contributed by atoms with Crippen molar-refractivity contribution < 1.29 is 9.47 Å². The molecule has 0 spiro atoms. The van der Waals surface area contributed by atoms with E-state index in [9.17, 15) is 5.26 Å². The maximum absolute atomic E-state index is 9.18. The van der Waals surface area contributed by atoms with Gasteiger partial charge in [0.2, 0.25) is 0 Å². The molecular formula is C15H21N3O2. The molecule has 5 heteroatoms. The lowest BCUT2D eigenvalue weighted by molar-refractivity contribution is 0.169. The van der Waals surface area contributed by atoms with Crippen LogP contribution in [0.15, 0.2) is 18.2 Å². The molecular weight excluding hydrogens is 254 g/mol. The second-order valence-corrected chi connectivity index (χ2v) is 4.74. The van der Waals surface area contributed by atoms with Crippen molar-refractivity contribution in [3.05, 3.63) is 23.8 Å². The van der Waals surface area contributed by atoms with E-state index in [2.05, 4.69) is 16.3 Å². The number of nitrogens with zero attached hydrogens (tertiary/aromatic N) is 2. The Hall–Kier alpha value is -1.77. The van der Waals surface area contributed by atoms with Crippen LogP contribution in [0.1, 0.15) is 18.0 Å². The molecule has 1 heterocycles. The van der Waals surface area contributed by atoms with Crippen molar-refractivity contribution in [2.45, 2.75) is 12.5 Å². The summed E-state index contributed by atoms with van der Waals surface area (Å²) in [6, 6.07) is 8.05. The Morgan fingerprint density at radius 1 is 1.25 bits per heavy atom. The average Bonchev–Trinajstić information content (AvgIpc) is 2.52. The lowest BCUT2D eigenvalue weighted by atomic mass is 9.99. The zero-order valence-electron chi connectivity index (χ0n) is 12.1. The van der Waals surface area contributed by atoms with Crippen molar-refractivity contribution in [2.75, 3.05) is 40.4 Å². The highest BCUT2D eigenvalue weighted by Gasteiger charge is 2.27. The summed E-state index contributed by atoms with van der Waals surface area (Å²) in [5.74, 6) is 1.56. The van der Waals surface area contributed by atoms with Crippen molar-refractivity contribution in [1.29, 1.82) is 5.26 Å². The van der Waals surface area contributed by atoms with Gasteiger partial charge in [-0.05, 0) is 12.1 Å². The third-order valence-electron chi connectivity index (χ3n) is 3.68. The van der Waals surface area contributed by atoms with Gasteiger partial charge in [0.15, 0.2) is 0 Å². The van der Waals surface area contributed by atoms with Crippen LogP contribution < -0.4 is 14.8 Å². The zero-order chi connectivity index (χ0) is 14.4. The Kier molecular flexibility index (Phi) is 5.22. The van der Waals surface area contributed by atoms with Gasteiger partial charge in [0.25, 0.3) is 0 Å². The summed E-state index contributed by atoms with van der Waals surface area (Å²) in [6.45, 7) is 3.74. The highest BCUT2D eigenvalue weighted by Crippen LogP contribution is 2.38. The minimum Gasteiger partial charge on any atom is -0.496 e. The third-order valence-corrected chi connectivity index (χ3v) is 3.68. The molecule has 0 saturated carbocycles. The summed E-state index contributed by atoms with van der Waals surface area (Å²) >= 11 is 0. The van der Waals surface area contributed by atoms with Crippen LogP contribution in [0.4, 0.5) is 0 Å². The molecule has 1 saturated heterocycles. The summed E-state index contributed by atoms with van der Waals surface area (Å²) in [7, 11) is 3.30. The van der Waals surface area contributed by atoms with E-state index in [1.165, 1.54) is 0 Å². The highest BCUT2D eigenvalue weighted by atomic mass is 16.5. The maximum atomic E-state index is 9.18. The number of hydrogen-bond donors (Lipinski definition) is 1. The van der Waals surface area contributed by atoms with Crippen LogP contribution in [0.3, 0.4) is 0 Å². The third kappa shape index (κ3) is 3.03. The number of methoxy groups -OCH3 is 2. The van der Waals surface area contributed by atoms with E-state index in [-0.39, 0.29) is 6.04 Å². The van der Waals surface area contributed by atoms with Gasteiger partial charge < -0.3 is 14.8 Å². The number of benzene rings is 1. The summed E-state index contributed by atoms with van der Waals surface area (Å²) in [5.41, 5.74) is 0.973. The van der Waals surface area contributed by atoms with Crippen LogP contribution in [-0.4, -0.2) is 45.3 Å².